The van der Waals surface area contributed by atoms with Gasteiger partial charge in [-0.05, 0) is 31.4 Å². The van der Waals surface area contributed by atoms with E-state index < -0.39 is 10.0 Å². The van der Waals surface area contributed by atoms with E-state index in [-0.39, 0.29) is 17.0 Å². The average Bonchev–Trinajstić information content (AvgIpc) is 2.55. The molecule has 1 aromatic rings. The first kappa shape index (κ1) is 17.7. The van der Waals surface area contributed by atoms with Gasteiger partial charge < -0.3 is 10.2 Å². The molecule has 0 spiro atoms. The van der Waals surface area contributed by atoms with Crippen LogP contribution in [0.5, 0.6) is 0 Å². The maximum atomic E-state index is 12.4. The van der Waals surface area contributed by atoms with Crippen molar-refractivity contribution >= 4 is 16.1 Å². The van der Waals surface area contributed by atoms with Gasteiger partial charge in [0.25, 0.3) is 0 Å². The Kier molecular flexibility index (Phi) is 6.41. The number of benzene rings is 1. The first-order valence-electron chi connectivity index (χ1n) is 8.13. The number of likely N-dealkylation sites (tertiary alicyclic amines) is 1. The van der Waals surface area contributed by atoms with Crippen LogP contribution < -0.4 is 10.0 Å². The van der Waals surface area contributed by atoms with Crippen molar-refractivity contribution in [2.24, 2.45) is 0 Å². The number of hydrogen-bond donors (Lipinski definition) is 2. The third-order valence-electron chi connectivity index (χ3n) is 3.89. The number of sulfonamides is 1. The van der Waals surface area contributed by atoms with Crippen LogP contribution in [0.4, 0.5) is 4.79 Å². The second-order valence-corrected chi connectivity index (χ2v) is 7.52. The number of nitrogens with one attached hydrogen (secondary N) is 2. The van der Waals surface area contributed by atoms with Gasteiger partial charge in [0.15, 0.2) is 0 Å². The Morgan fingerprint density at radius 2 is 2.04 bits per heavy atom. The Morgan fingerprint density at radius 3 is 2.74 bits per heavy atom. The van der Waals surface area contributed by atoms with Crippen molar-refractivity contribution in [2.45, 2.75) is 43.5 Å². The Bertz CT molecular complexity index is 604. The molecule has 0 radical (unpaired) electrons. The second kappa shape index (κ2) is 8.31. The zero-order valence-electron chi connectivity index (χ0n) is 13.5. The van der Waals surface area contributed by atoms with E-state index in [0.29, 0.717) is 19.6 Å². The van der Waals surface area contributed by atoms with Gasteiger partial charge in [0.1, 0.15) is 0 Å². The Morgan fingerprint density at radius 1 is 1.30 bits per heavy atom. The number of nitrogens with zero attached hydrogens (tertiary/aromatic N) is 1. The largest absolute Gasteiger partial charge is 0.338 e. The number of hydrogen-bond acceptors (Lipinski definition) is 3. The molecule has 1 atom stereocenters. The zero-order chi connectivity index (χ0) is 16.7. The van der Waals surface area contributed by atoms with E-state index in [0.717, 1.165) is 25.7 Å². The van der Waals surface area contributed by atoms with Crippen LogP contribution >= 0.6 is 0 Å². The summed E-state index contributed by atoms with van der Waals surface area (Å²) in [6, 6.07) is 7.96. The number of unbranched alkanes of at least 4 members (excludes halogenated alkanes) is 1. The maximum Gasteiger partial charge on any atom is 0.317 e. The molecule has 1 aliphatic heterocycles. The minimum Gasteiger partial charge on any atom is -0.338 e. The Hall–Kier alpha value is -1.60. The first-order chi connectivity index (χ1) is 11.0. The second-order valence-electron chi connectivity index (χ2n) is 5.80. The molecule has 2 rings (SSSR count). The van der Waals surface area contributed by atoms with Gasteiger partial charge in [-0.15, -0.1) is 0 Å². The van der Waals surface area contributed by atoms with Crippen LogP contribution in [0.15, 0.2) is 35.2 Å². The lowest BCUT2D eigenvalue weighted by Crippen LogP contribution is -2.52. The van der Waals surface area contributed by atoms with Crippen LogP contribution in [-0.4, -0.2) is 45.0 Å². The highest BCUT2D eigenvalue weighted by atomic mass is 32.2. The van der Waals surface area contributed by atoms with Crippen LogP contribution in [-0.2, 0) is 10.0 Å². The quantitative estimate of drug-likeness (QED) is 0.778. The first-order valence-corrected chi connectivity index (χ1v) is 9.61. The molecule has 1 fully saturated rings. The summed E-state index contributed by atoms with van der Waals surface area (Å²) in [5.74, 6) is 0. The summed E-state index contributed by atoms with van der Waals surface area (Å²) in [4.78, 5) is 14.0. The number of urea groups is 1. The molecule has 0 unspecified atom stereocenters. The molecular formula is C16H25N3O3S. The van der Waals surface area contributed by atoms with E-state index in [1.54, 1.807) is 35.2 Å². The molecule has 1 aromatic carbocycles. The third kappa shape index (κ3) is 5.21. The van der Waals surface area contributed by atoms with Gasteiger partial charge in [-0.1, -0.05) is 31.5 Å². The van der Waals surface area contributed by atoms with E-state index in [9.17, 15) is 13.2 Å². The molecule has 2 amide bonds. The molecule has 1 heterocycles. The van der Waals surface area contributed by atoms with E-state index >= 15 is 0 Å². The molecule has 7 heteroatoms. The van der Waals surface area contributed by atoms with Crippen LogP contribution in [0.3, 0.4) is 0 Å². The molecule has 0 aromatic heterocycles. The molecule has 23 heavy (non-hydrogen) atoms. The fraction of sp³-hybridized carbons (Fsp3) is 0.562. The number of carbonyl (C=O) groups excluding carboxylic acids is 1. The Balaban J connectivity index is 1.92. The summed E-state index contributed by atoms with van der Waals surface area (Å²) >= 11 is 0. The van der Waals surface area contributed by atoms with Crippen LogP contribution in [0.1, 0.15) is 32.6 Å². The van der Waals surface area contributed by atoms with Gasteiger partial charge in [-0.3, -0.25) is 0 Å². The minimum atomic E-state index is -3.54. The summed E-state index contributed by atoms with van der Waals surface area (Å²) in [5, 5.41) is 2.88. The third-order valence-corrected chi connectivity index (χ3v) is 5.43. The smallest absolute Gasteiger partial charge is 0.317 e. The van der Waals surface area contributed by atoms with Crippen molar-refractivity contribution in [2.75, 3.05) is 19.6 Å². The number of rotatable bonds is 6. The van der Waals surface area contributed by atoms with Gasteiger partial charge in [0, 0.05) is 25.7 Å². The summed E-state index contributed by atoms with van der Waals surface area (Å²) in [5.41, 5.74) is 0. The van der Waals surface area contributed by atoms with Gasteiger partial charge >= 0.3 is 6.03 Å². The monoisotopic (exact) mass is 339 g/mol. The highest BCUT2D eigenvalue weighted by Gasteiger charge is 2.27. The molecule has 6 nitrogen and oxygen atoms in total. The molecule has 2 N–H and O–H groups in total. The van der Waals surface area contributed by atoms with Gasteiger partial charge in [0.05, 0.1) is 4.90 Å². The number of carbonyl (C=O) groups is 1. The van der Waals surface area contributed by atoms with Crippen LogP contribution in [0.2, 0.25) is 0 Å². The standard InChI is InChI=1S/C16H25N3O3S/c1-2-3-11-17-16(20)19-12-7-8-14(13-19)18-23(21,22)15-9-5-4-6-10-15/h4-6,9-10,14,18H,2-3,7-8,11-13H2,1H3,(H,17,20)/t14-/m1/s1. The van der Waals surface area contributed by atoms with Crippen LogP contribution in [0, 0.1) is 0 Å². The van der Waals surface area contributed by atoms with Crippen molar-refractivity contribution in [3.8, 4) is 0 Å². The molecule has 1 saturated heterocycles. The van der Waals surface area contributed by atoms with Crippen LogP contribution in [0.25, 0.3) is 0 Å². The summed E-state index contributed by atoms with van der Waals surface area (Å²) in [6.45, 7) is 3.80. The molecule has 0 bridgehead atoms. The molecule has 0 aliphatic carbocycles. The molecule has 0 saturated carbocycles. The highest BCUT2D eigenvalue weighted by Crippen LogP contribution is 2.14. The lowest BCUT2D eigenvalue weighted by molar-refractivity contribution is 0.177. The SMILES string of the molecule is CCCCNC(=O)N1CCC[C@@H](NS(=O)(=O)c2ccccc2)C1. The lowest BCUT2D eigenvalue weighted by atomic mass is 10.1. The minimum absolute atomic E-state index is 0.109. The van der Waals surface area contributed by atoms with Crippen molar-refractivity contribution in [1.82, 2.24) is 14.9 Å². The van der Waals surface area contributed by atoms with Crippen molar-refractivity contribution in [3.63, 3.8) is 0 Å². The fourth-order valence-corrected chi connectivity index (χ4v) is 3.91. The highest BCUT2D eigenvalue weighted by molar-refractivity contribution is 7.89. The predicted molar refractivity (Wildman–Crippen MR) is 89.7 cm³/mol. The number of amides is 2. The zero-order valence-corrected chi connectivity index (χ0v) is 14.3. The predicted octanol–water partition coefficient (Wildman–Crippen LogP) is 1.94. The lowest BCUT2D eigenvalue weighted by Gasteiger charge is -2.33. The van der Waals surface area contributed by atoms with E-state index in [4.69, 9.17) is 0 Å². The summed E-state index contributed by atoms with van der Waals surface area (Å²) in [6.07, 6.45) is 3.51. The average molecular weight is 339 g/mol. The summed E-state index contributed by atoms with van der Waals surface area (Å²) in [7, 11) is -3.54. The fourth-order valence-electron chi connectivity index (χ4n) is 2.63. The van der Waals surface area contributed by atoms with Crippen molar-refractivity contribution in [1.29, 1.82) is 0 Å². The van der Waals surface area contributed by atoms with Crippen molar-refractivity contribution < 1.29 is 13.2 Å². The topological polar surface area (TPSA) is 78.5 Å². The summed E-state index contributed by atoms with van der Waals surface area (Å²) < 4.78 is 27.4. The van der Waals surface area contributed by atoms with Gasteiger partial charge in [0.2, 0.25) is 10.0 Å². The maximum absolute atomic E-state index is 12.4. The molecule has 128 valence electrons. The Labute approximate surface area is 138 Å². The van der Waals surface area contributed by atoms with E-state index in [2.05, 4.69) is 17.0 Å². The molecular weight excluding hydrogens is 314 g/mol. The normalized spacial score (nSPS) is 18.7. The van der Waals surface area contributed by atoms with Gasteiger partial charge in [-0.25, -0.2) is 17.9 Å². The number of piperidine rings is 1. The van der Waals surface area contributed by atoms with E-state index in [1.807, 2.05) is 0 Å². The van der Waals surface area contributed by atoms with Gasteiger partial charge in [-0.2, -0.15) is 0 Å². The molecule has 1 aliphatic rings. The van der Waals surface area contributed by atoms with Crippen molar-refractivity contribution in [3.05, 3.63) is 30.3 Å². The van der Waals surface area contributed by atoms with E-state index in [1.165, 1.54) is 0 Å².